The van der Waals surface area contributed by atoms with Gasteiger partial charge < -0.3 is 9.09 Å². The number of hydrogen-bond donors (Lipinski definition) is 1. The fourth-order valence-corrected chi connectivity index (χ4v) is 4.81. The molecular formula is C17H21N7O. The Morgan fingerprint density at radius 3 is 3.04 bits per heavy atom. The molecule has 5 atom stereocenters. The number of fused-ring (bicyclic) bond motifs is 6. The number of rotatable bonds is 2. The van der Waals surface area contributed by atoms with Gasteiger partial charge in [-0.25, -0.2) is 4.98 Å². The van der Waals surface area contributed by atoms with Crippen LogP contribution in [0, 0.1) is 11.8 Å². The minimum Gasteiger partial charge on any atom is -0.330 e. The van der Waals surface area contributed by atoms with Crippen LogP contribution in [0.5, 0.6) is 0 Å². The predicted octanol–water partition coefficient (Wildman–Crippen LogP) is 2.23. The minimum absolute atomic E-state index is 0.152. The molecule has 0 radical (unpaired) electrons. The number of nitrogens with one attached hydrogen (secondary N) is 1. The zero-order valence-electron chi connectivity index (χ0n) is 14.2. The lowest BCUT2D eigenvalue weighted by Gasteiger charge is -2.45. The van der Waals surface area contributed by atoms with E-state index in [9.17, 15) is 0 Å². The van der Waals surface area contributed by atoms with Gasteiger partial charge in [0.1, 0.15) is 12.0 Å². The van der Waals surface area contributed by atoms with Crippen molar-refractivity contribution in [1.29, 1.82) is 0 Å². The second-order valence-corrected chi connectivity index (χ2v) is 7.83. The van der Waals surface area contributed by atoms with Gasteiger partial charge in [0.15, 0.2) is 5.82 Å². The van der Waals surface area contributed by atoms with Gasteiger partial charge in [-0.3, -0.25) is 10.3 Å². The Hall–Kier alpha value is -2.38. The highest BCUT2D eigenvalue weighted by atomic mass is 16.5. The first kappa shape index (κ1) is 13.9. The van der Waals surface area contributed by atoms with Gasteiger partial charge in [0.2, 0.25) is 5.84 Å². The van der Waals surface area contributed by atoms with Gasteiger partial charge in [-0.2, -0.15) is 10.1 Å². The second kappa shape index (κ2) is 4.83. The number of hydrazone groups is 1. The van der Waals surface area contributed by atoms with Crippen LogP contribution in [0.15, 0.2) is 22.1 Å². The monoisotopic (exact) mass is 339 g/mol. The molecule has 1 N–H and O–H groups in total. The first-order valence-corrected chi connectivity index (χ1v) is 9.29. The third-order valence-electron chi connectivity index (χ3n) is 6.32. The molecule has 0 spiro atoms. The average molecular weight is 339 g/mol. The van der Waals surface area contributed by atoms with E-state index < -0.39 is 0 Å². The van der Waals surface area contributed by atoms with E-state index >= 15 is 0 Å². The molecule has 2 aromatic rings. The van der Waals surface area contributed by atoms with Crippen LogP contribution in [-0.4, -0.2) is 31.7 Å². The third kappa shape index (κ3) is 1.88. The zero-order chi connectivity index (χ0) is 16.5. The smallest absolute Gasteiger partial charge is 0.295 e. The van der Waals surface area contributed by atoms with Crippen LogP contribution in [0.1, 0.15) is 62.7 Å². The molecule has 0 saturated heterocycles. The molecule has 0 bridgehead atoms. The summed E-state index contributed by atoms with van der Waals surface area (Å²) < 4.78 is 7.88. The molecule has 130 valence electrons. The van der Waals surface area contributed by atoms with E-state index in [0.717, 1.165) is 23.9 Å². The summed E-state index contributed by atoms with van der Waals surface area (Å²) in [7, 11) is 0. The first-order chi connectivity index (χ1) is 12.3. The Bertz CT molecular complexity index is 855. The van der Waals surface area contributed by atoms with Crippen LogP contribution in [0.3, 0.4) is 0 Å². The highest BCUT2D eigenvalue weighted by molar-refractivity contribution is 6.08. The molecule has 8 heteroatoms. The molecule has 6 rings (SSSR count). The standard InChI is InChI=1S/C17H21N7O/c1-9-6-11(9)14-19-17(25-22-14)16-21-20-15-10-4-2-3-5-12(10)23-8-18-7-13(23)24(15)16/h7-12,15,20H,2-6H2,1H3. The maximum Gasteiger partial charge on any atom is 0.295 e. The summed E-state index contributed by atoms with van der Waals surface area (Å²) in [5.74, 6) is 4.72. The molecule has 4 heterocycles. The Labute approximate surface area is 145 Å². The highest BCUT2D eigenvalue weighted by Crippen LogP contribution is 2.47. The topological polar surface area (TPSA) is 84.4 Å². The SMILES string of the molecule is CC1CC1c1noc(C2=NNC3C4CCCCC4n4cncc4N23)n1. The molecule has 4 aliphatic rings. The summed E-state index contributed by atoms with van der Waals surface area (Å²) in [5.41, 5.74) is 3.34. The van der Waals surface area contributed by atoms with Crippen LogP contribution in [-0.2, 0) is 0 Å². The van der Waals surface area contributed by atoms with Gasteiger partial charge in [-0.05, 0) is 25.2 Å². The average Bonchev–Trinajstić information content (AvgIpc) is 3.12. The number of nitrogens with zero attached hydrogens (tertiary/aromatic N) is 6. The van der Waals surface area contributed by atoms with Crippen molar-refractivity contribution in [2.75, 3.05) is 4.90 Å². The fourth-order valence-electron chi connectivity index (χ4n) is 4.81. The molecule has 2 aliphatic heterocycles. The summed E-state index contributed by atoms with van der Waals surface area (Å²) in [4.78, 5) is 11.2. The van der Waals surface area contributed by atoms with Crippen molar-refractivity contribution in [3.63, 3.8) is 0 Å². The Kier molecular flexibility index (Phi) is 2.68. The molecule has 2 aromatic heterocycles. The van der Waals surface area contributed by atoms with Crippen LogP contribution >= 0.6 is 0 Å². The van der Waals surface area contributed by atoms with E-state index in [2.05, 4.69) is 42.0 Å². The van der Waals surface area contributed by atoms with Crippen molar-refractivity contribution in [2.24, 2.45) is 16.9 Å². The van der Waals surface area contributed by atoms with Crippen molar-refractivity contribution in [3.8, 4) is 0 Å². The first-order valence-electron chi connectivity index (χ1n) is 9.29. The summed E-state index contributed by atoms with van der Waals surface area (Å²) in [6.45, 7) is 2.22. The van der Waals surface area contributed by atoms with Crippen LogP contribution < -0.4 is 10.3 Å². The lowest BCUT2D eigenvalue weighted by Crippen LogP contribution is -2.53. The zero-order valence-corrected chi connectivity index (χ0v) is 14.2. The number of imidazole rings is 1. The molecule has 5 unspecified atom stereocenters. The second-order valence-electron chi connectivity index (χ2n) is 7.83. The van der Waals surface area contributed by atoms with Crippen molar-refractivity contribution < 1.29 is 4.52 Å². The normalized spacial score (nSPS) is 35.5. The van der Waals surface area contributed by atoms with Gasteiger partial charge in [0.05, 0.1) is 12.5 Å². The van der Waals surface area contributed by atoms with E-state index in [1.807, 2.05) is 12.5 Å². The predicted molar refractivity (Wildman–Crippen MR) is 90.0 cm³/mol. The van der Waals surface area contributed by atoms with Crippen LogP contribution in [0.4, 0.5) is 5.82 Å². The van der Waals surface area contributed by atoms with Gasteiger partial charge in [-0.15, -0.1) is 0 Å². The Morgan fingerprint density at radius 1 is 1.28 bits per heavy atom. The van der Waals surface area contributed by atoms with Gasteiger partial charge in [0.25, 0.3) is 5.89 Å². The summed E-state index contributed by atoms with van der Waals surface area (Å²) in [6, 6.07) is 0.500. The lowest BCUT2D eigenvalue weighted by molar-refractivity contribution is 0.175. The van der Waals surface area contributed by atoms with Gasteiger partial charge >= 0.3 is 0 Å². The number of amidine groups is 1. The molecular weight excluding hydrogens is 318 g/mol. The lowest BCUT2D eigenvalue weighted by atomic mass is 9.80. The van der Waals surface area contributed by atoms with Crippen LogP contribution in [0.25, 0.3) is 0 Å². The molecule has 8 nitrogen and oxygen atoms in total. The molecule has 0 aromatic carbocycles. The van der Waals surface area contributed by atoms with Crippen molar-refractivity contribution >= 4 is 11.7 Å². The van der Waals surface area contributed by atoms with E-state index in [1.54, 1.807) is 0 Å². The maximum atomic E-state index is 5.57. The van der Waals surface area contributed by atoms with Crippen molar-refractivity contribution in [1.82, 2.24) is 25.1 Å². The van der Waals surface area contributed by atoms with E-state index in [-0.39, 0.29) is 6.17 Å². The van der Waals surface area contributed by atoms with Crippen LogP contribution in [0.2, 0.25) is 0 Å². The quantitative estimate of drug-likeness (QED) is 0.903. The van der Waals surface area contributed by atoms with E-state index in [4.69, 9.17) is 4.52 Å². The number of anilines is 1. The fraction of sp³-hybridized carbons (Fsp3) is 0.647. The van der Waals surface area contributed by atoms with E-state index in [0.29, 0.717) is 29.7 Å². The Morgan fingerprint density at radius 2 is 2.16 bits per heavy atom. The molecule has 2 fully saturated rings. The van der Waals surface area contributed by atoms with Crippen molar-refractivity contribution in [3.05, 3.63) is 24.2 Å². The van der Waals surface area contributed by atoms with Gasteiger partial charge in [-0.1, -0.05) is 24.9 Å². The highest BCUT2D eigenvalue weighted by Gasteiger charge is 2.48. The van der Waals surface area contributed by atoms with E-state index in [1.165, 1.54) is 25.7 Å². The number of aromatic nitrogens is 4. The number of hydrogen-bond acceptors (Lipinski definition) is 7. The minimum atomic E-state index is 0.152. The summed E-state index contributed by atoms with van der Waals surface area (Å²) in [6.07, 6.45) is 10.1. The maximum absolute atomic E-state index is 5.57. The largest absolute Gasteiger partial charge is 0.330 e. The summed E-state index contributed by atoms with van der Waals surface area (Å²) >= 11 is 0. The molecule has 25 heavy (non-hydrogen) atoms. The van der Waals surface area contributed by atoms with Gasteiger partial charge in [0, 0.05) is 17.9 Å². The Balaban J connectivity index is 1.39. The molecule has 2 aliphatic carbocycles. The molecule has 0 amide bonds. The summed E-state index contributed by atoms with van der Waals surface area (Å²) in [5, 5.41) is 8.78. The third-order valence-corrected chi connectivity index (χ3v) is 6.32. The van der Waals surface area contributed by atoms with Crippen molar-refractivity contribution in [2.45, 2.75) is 57.2 Å². The molecule has 2 saturated carbocycles.